The van der Waals surface area contributed by atoms with Crippen molar-refractivity contribution in [2.45, 2.75) is 24.8 Å². The SMILES string of the molecule is Cl.Cl.Cn1cc(-c2cc3cc(-c4ccccc4)c(-c4ccc(C5(N)CCC5)cc4)nc3cn2)cn1. The number of halogens is 2. The second kappa shape index (κ2) is 9.78. The highest BCUT2D eigenvalue weighted by atomic mass is 35.5. The Morgan fingerprint density at radius 2 is 1.60 bits per heavy atom. The van der Waals surface area contributed by atoms with Crippen LogP contribution in [0.15, 0.2) is 85.3 Å². The van der Waals surface area contributed by atoms with Crippen LogP contribution in [0.2, 0.25) is 0 Å². The van der Waals surface area contributed by atoms with Crippen LogP contribution in [0.25, 0.3) is 44.5 Å². The average molecular weight is 504 g/mol. The first-order chi connectivity index (χ1) is 16.1. The van der Waals surface area contributed by atoms with Gasteiger partial charge in [0.1, 0.15) is 0 Å². The van der Waals surface area contributed by atoms with Gasteiger partial charge in [-0.05, 0) is 42.5 Å². The van der Waals surface area contributed by atoms with Crippen molar-refractivity contribution < 1.29 is 0 Å². The first kappa shape index (κ1) is 24.9. The molecule has 5 aromatic rings. The molecule has 0 atom stereocenters. The Labute approximate surface area is 217 Å². The molecule has 1 aliphatic rings. The largest absolute Gasteiger partial charge is 0.321 e. The number of rotatable bonds is 4. The number of benzene rings is 2. The van der Waals surface area contributed by atoms with Gasteiger partial charge in [-0.25, -0.2) is 4.98 Å². The molecule has 6 rings (SSSR count). The van der Waals surface area contributed by atoms with Crippen molar-refractivity contribution in [3.63, 3.8) is 0 Å². The number of nitrogens with zero attached hydrogens (tertiary/aromatic N) is 4. The number of hydrogen-bond acceptors (Lipinski definition) is 4. The number of hydrogen-bond donors (Lipinski definition) is 1. The third-order valence-corrected chi connectivity index (χ3v) is 6.77. The molecule has 7 heteroatoms. The van der Waals surface area contributed by atoms with Gasteiger partial charge in [0.15, 0.2) is 0 Å². The van der Waals surface area contributed by atoms with E-state index in [2.05, 4.69) is 70.7 Å². The van der Waals surface area contributed by atoms with Crippen molar-refractivity contribution in [3.05, 3.63) is 90.9 Å². The zero-order valence-corrected chi connectivity index (χ0v) is 21.0. The Morgan fingerprint density at radius 1 is 0.857 bits per heavy atom. The summed E-state index contributed by atoms with van der Waals surface area (Å²) in [5, 5.41) is 5.33. The Kier molecular flexibility index (Phi) is 6.95. The van der Waals surface area contributed by atoms with Gasteiger partial charge in [-0.15, -0.1) is 24.8 Å². The van der Waals surface area contributed by atoms with Crippen LogP contribution in [-0.2, 0) is 12.6 Å². The molecule has 5 nitrogen and oxygen atoms in total. The predicted octanol–water partition coefficient (Wildman–Crippen LogP) is 6.55. The molecule has 3 aromatic heterocycles. The van der Waals surface area contributed by atoms with Crippen molar-refractivity contribution >= 4 is 35.7 Å². The lowest BCUT2D eigenvalue weighted by Crippen LogP contribution is -2.43. The van der Waals surface area contributed by atoms with E-state index in [4.69, 9.17) is 10.7 Å². The molecular formula is C28H27Cl2N5. The van der Waals surface area contributed by atoms with Crippen molar-refractivity contribution in [2.24, 2.45) is 12.8 Å². The summed E-state index contributed by atoms with van der Waals surface area (Å²) in [5.41, 5.74) is 14.6. The molecule has 0 unspecified atom stereocenters. The van der Waals surface area contributed by atoms with Crippen molar-refractivity contribution in [1.29, 1.82) is 0 Å². The maximum absolute atomic E-state index is 6.54. The van der Waals surface area contributed by atoms with E-state index in [-0.39, 0.29) is 30.4 Å². The standard InChI is InChI=1S/C28H25N5.2ClH/c1-33-18-22(16-31-33)25-15-21-14-24(19-6-3-2-4-7-19)27(32-26(21)17-30-25)20-8-10-23(11-9-20)28(29)12-5-13-28;;/h2-4,6-11,14-18H,5,12-13,29H2,1H3;2*1H. The molecule has 3 heterocycles. The second-order valence-corrected chi connectivity index (χ2v) is 9.00. The molecule has 0 aliphatic heterocycles. The van der Waals surface area contributed by atoms with E-state index in [0.29, 0.717) is 0 Å². The van der Waals surface area contributed by atoms with Crippen LogP contribution >= 0.6 is 24.8 Å². The minimum atomic E-state index is -0.162. The van der Waals surface area contributed by atoms with E-state index < -0.39 is 0 Å². The van der Waals surface area contributed by atoms with Gasteiger partial charge in [0.25, 0.3) is 0 Å². The lowest BCUT2D eigenvalue weighted by molar-refractivity contribution is 0.253. The molecule has 35 heavy (non-hydrogen) atoms. The van der Waals surface area contributed by atoms with E-state index in [1.807, 2.05) is 31.7 Å². The maximum Gasteiger partial charge on any atom is 0.0893 e. The van der Waals surface area contributed by atoms with Crippen LogP contribution in [0.5, 0.6) is 0 Å². The lowest BCUT2D eigenvalue weighted by Gasteiger charge is -2.38. The van der Waals surface area contributed by atoms with E-state index in [0.717, 1.165) is 57.4 Å². The Bertz CT molecular complexity index is 1460. The highest BCUT2D eigenvalue weighted by Crippen LogP contribution is 2.40. The highest BCUT2D eigenvalue weighted by Gasteiger charge is 2.34. The molecule has 0 amide bonds. The third kappa shape index (κ3) is 4.55. The summed E-state index contributed by atoms with van der Waals surface area (Å²) in [6.07, 6.45) is 8.98. The van der Waals surface area contributed by atoms with Crippen LogP contribution < -0.4 is 5.73 Å². The first-order valence-corrected chi connectivity index (χ1v) is 11.3. The molecule has 1 aliphatic carbocycles. The van der Waals surface area contributed by atoms with Crippen LogP contribution in [0.1, 0.15) is 24.8 Å². The van der Waals surface area contributed by atoms with E-state index in [9.17, 15) is 0 Å². The minimum Gasteiger partial charge on any atom is -0.321 e. The second-order valence-electron chi connectivity index (χ2n) is 9.00. The summed E-state index contributed by atoms with van der Waals surface area (Å²) in [6, 6.07) is 23.4. The molecule has 0 saturated heterocycles. The fourth-order valence-electron chi connectivity index (χ4n) is 4.65. The molecule has 2 aromatic carbocycles. The zero-order valence-electron chi connectivity index (χ0n) is 19.4. The van der Waals surface area contributed by atoms with Crippen LogP contribution in [0.4, 0.5) is 0 Å². The molecule has 1 fully saturated rings. The normalized spacial score (nSPS) is 14.0. The van der Waals surface area contributed by atoms with Gasteiger partial charge < -0.3 is 5.73 Å². The molecule has 2 N–H and O–H groups in total. The smallest absolute Gasteiger partial charge is 0.0893 e. The molecular weight excluding hydrogens is 477 g/mol. The topological polar surface area (TPSA) is 69.6 Å². The quantitative estimate of drug-likeness (QED) is 0.302. The van der Waals surface area contributed by atoms with Crippen LogP contribution in [-0.4, -0.2) is 19.7 Å². The van der Waals surface area contributed by atoms with Crippen LogP contribution in [0.3, 0.4) is 0 Å². The van der Waals surface area contributed by atoms with Gasteiger partial charge in [-0.1, -0.05) is 54.6 Å². The fourth-order valence-corrected chi connectivity index (χ4v) is 4.65. The third-order valence-electron chi connectivity index (χ3n) is 6.77. The van der Waals surface area contributed by atoms with E-state index in [1.54, 1.807) is 4.68 Å². The van der Waals surface area contributed by atoms with E-state index in [1.165, 1.54) is 12.0 Å². The fraction of sp³-hybridized carbons (Fsp3) is 0.179. The Morgan fingerprint density at radius 3 is 2.23 bits per heavy atom. The number of fused-ring (bicyclic) bond motifs is 1. The van der Waals surface area contributed by atoms with Gasteiger partial charge >= 0.3 is 0 Å². The maximum atomic E-state index is 6.54. The van der Waals surface area contributed by atoms with Gasteiger partial charge in [0, 0.05) is 40.9 Å². The van der Waals surface area contributed by atoms with E-state index >= 15 is 0 Å². The van der Waals surface area contributed by atoms with Gasteiger partial charge in [0.2, 0.25) is 0 Å². The molecule has 1 saturated carbocycles. The zero-order chi connectivity index (χ0) is 22.4. The van der Waals surface area contributed by atoms with Crippen LogP contribution in [0, 0.1) is 0 Å². The number of aromatic nitrogens is 4. The average Bonchev–Trinajstić information content (AvgIpc) is 3.28. The summed E-state index contributed by atoms with van der Waals surface area (Å²) >= 11 is 0. The van der Waals surface area contributed by atoms with Gasteiger partial charge in [-0.2, -0.15) is 5.10 Å². The molecule has 0 spiro atoms. The Balaban J connectivity index is 0.00000144. The number of nitrogens with two attached hydrogens (primary N) is 1. The van der Waals surface area contributed by atoms with Crippen molar-refractivity contribution in [1.82, 2.24) is 19.7 Å². The summed E-state index contributed by atoms with van der Waals surface area (Å²) in [5.74, 6) is 0. The summed E-state index contributed by atoms with van der Waals surface area (Å²) in [7, 11) is 1.91. The molecule has 0 bridgehead atoms. The first-order valence-electron chi connectivity index (χ1n) is 11.3. The number of aryl methyl sites for hydroxylation is 1. The van der Waals surface area contributed by atoms with Gasteiger partial charge in [-0.3, -0.25) is 9.67 Å². The van der Waals surface area contributed by atoms with Crippen molar-refractivity contribution in [3.8, 4) is 33.6 Å². The predicted molar refractivity (Wildman–Crippen MR) is 147 cm³/mol. The Hall–Kier alpha value is -3.25. The van der Waals surface area contributed by atoms with Gasteiger partial charge in [0.05, 0.1) is 29.3 Å². The minimum absolute atomic E-state index is 0. The summed E-state index contributed by atoms with van der Waals surface area (Å²) < 4.78 is 1.79. The van der Waals surface area contributed by atoms with Crippen molar-refractivity contribution in [2.75, 3.05) is 0 Å². The number of pyridine rings is 2. The summed E-state index contributed by atoms with van der Waals surface area (Å²) in [4.78, 5) is 9.73. The summed E-state index contributed by atoms with van der Waals surface area (Å²) in [6.45, 7) is 0. The molecule has 178 valence electrons. The highest BCUT2D eigenvalue weighted by molar-refractivity contribution is 5.92. The lowest BCUT2D eigenvalue weighted by atomic mass is 9.72. The molecule has 0 radical (unpaired) electrons. The monoisotopic (exact) mass is 503 g/mol.